The van der Waals surface area contributed by atoms with Crippen LogP contribution in [0.4, 0.5) is 5.69 Å². The van der Waals surface area contributed by atoms with Crippen LogP contribution in [0.2, 0.25) is 5.02 Å². The highest BCUT2D eigenvalue weighted by atomic mass is 35.5. The largest absolute Gasteiger partial charge is 0.357 e. The Morgan fingerprint density at radius 2 is 1.46 bits per heavy atom. The van der Waals surface area contributed by atoms with E-state index in [1.807, 2.05) is 43.3 Å². The highest BCUT2D eigenvalue weighted by Gasteiger charge is 2.34. The van der Waals surface area contributed by atoms with Gasteiger partial charge in [0.1, 0.15) is 12.6 Å². The monoisotopic (exact) mass is 589 g/mol. The molecule has 0 aromatic heterocycles. The lowest BCUT2D eigenvalue weighted by Gasteiger charge is -2.33. The third-order valence-electron chi connectivity index (χ3n) is 6.68. The fourth-order valence-electron chi connectivity index (χ4n) is 4.54. The molecule has 4 aromatic rings. The molecule has 0 aliphatic heterocycles. The Hall–Kier alpha value is -4.14. The van der Waals surface area contributed by atoms with E-state index < -0.39 is 28.5 Å². The molecular formula is C32H32ClN3O4S. The Morgan fingerprint density at radius 1 is 0.829 bits per heavy atom. The molecule has 9 heteroatoms. The maximum atomic E-state index is 14.2. The summed E-state index contributed by atoms with van der Waals surface area (Å²) in [5, 5.41) is 3.22. The minimum atomic E-state index is -4.12. The number of halogens is 1. The number of carbonyl (C=O) groups is 2. The molecule has 0 saturated carbocycles. The van der Waals surface area contributed by atoms with Gasteiger partial charge in [-0.15, -0.1) is 0 Å². The molecule has 0 bridgehead atoms. The van der Waals surface area contributed by atoms with Gasteiger partial charge in [0.2, 0.25) is 11.8 Å². The molecule has 0 saturated heterocycles. The zero-order valence-electron chi connectivity index (χ0n) is 22.9. The Morgan fingerprint density at radius 3 is 2.07 bits per heavy atom. The van der Waals surface area contributed by atoms with Crippen LogP contribution >= 0.6 is 11.6 Å². The molecule has 1 N–H and O–H groups in total. The van der Waals surface area contributed by atoms with Gasteiger partial charge in [-0.25, -0.2) is 8.42 Å². The second-order valence-electron chi connectivity index (χ2n) is 9.63. The van der Waals surface area contributed by atoms with Gasteiger partial charge in [0.25, 0.3) is 10.0 Å². The number of carbonyl (C=O) groups excluding carboxylic acids is 2. The van der Waals surface area contributed by atoms with E-state index in [-0.39, 0.29) is 23.8 Å². The quantitative estimate of drug-likeness (QED) is 0.260. The van der Waals surface area contributed by atoms with Crippen LogP contribution in [0.3, 0.4) is 0 Å². The molecule has 0 heterocycles. The molecule has 7 nitrogen and oxygen atoms in total. The summed E-state index contributed by atoms with van der Waals surface area (Å²) in [5.41, 5.74) is 2.81. The summed E-state index contributed by atoms with van der Waals surface area (Å²) in [6.07, 6.45) is 0.246. The van der Waals surface area contributed by atoms with Gasteiger partial charge < -0.3 is 10.2 Å². The number of aryl methyl sites for hydroxylation is 1. The second-order valence-corrected chi connectivity index (χ2v) is 11.9. The van der Waals surface area contributed by atoms with Crippen molar-refractivity contribution in [2.24, 2.45) is 0 Å². The Labute approximate surface area is 246 Å². The van der Waals surface area contributed by atoms with Crippen molar-refractivity contribution in [3.05, 3.63) is 131 Å². The Bertz CT molecular complexity index is 1580. The molecule has 212 valence electrons. The number of hydrogen-bond donors (Lipinski definition) is 1. The average molecular weight is 590 g/mol. The van der Waals surface area contributed by atoms with Crippen LogP contribution in [0.25, 0.3) is 0 Å². The van der Waals surface area contributed by atoms with Gasteiger partial charge in [0.05, 0.1) is 10.6 Å². The van der Waals surface area contributed by atoms with Crippen LogP contribution in [0.1, 0.15) is 16.7 Å². The van der Waals surface area contributed by atoms with Crippen molar-refractivity contribution >= 4 is 39.1 Å². The lowest BCUT2D eigenvalue weighted by Crippen LogP contribution is -2.53. The van der Waals surface area contributed by atoms with Crippen molar-refractivity contribution in [1.29, 1.82) is 0 Å². The van der Waals surface area contributed by atoms with Crippen molar-refractivity contribution in [1.82, 2.24) is 10.2 Å². The number of amides is 2. The summed E-state index contributed by atoms with van der Waals surface area (Å²) in [5.74, 6) is -0.880. The van der Waals surface area contributed by atoms with E-state index in [1.165, 1.54) is 24.1 Å². The minimum absolute atomic E-state index is 0.0608. The fraction of sp³-hybridized carbons (Fsp3) is 0.188. The van der Waals surface area contributed by atoms with E-state index in [0.717, 1.165) is 21.0 Å². The first kappa shape index (κ1) is 29.8. The molecule has 41 heavy (non-hydrogen) atoms. The number of sulfonamides is 1. The predicted molar refractivity (Wildman–Crippen MR) is 162 cm³/mol. The first-order chi connectivity index (χ1) is 19.7. The van der Waals surface area contributed by atoms with Crippen LogP contribution in [-0.4, -0.2) is 44.8 Å². The molecule has 0 fully saturated rings. The Kier molecular flexibility index (Phi) is 9.81. The van der Waals surface area contributed by atoms with Crippen molar-refractivity contribution in [3.8, 4) is 0 Å². The molecular weight excluding hydrogens is 558 g/mol. The third kappa shape index (κ3) is 7.54. The number of nitrogens with one attached hydrogen (secondary N) is 1. The number of benzene rings is 4. The molecule has 2 amide bonds. The standard InChI is InChI=1S/C32H32ClN3O4S/c1-24-10-9-13-28(20-24)36(41(39,40)29-14-7-4-8-15-29)23-31(37)35(22-26-16-18-27(33)19-17-26)30(32(38)34-2)21-25-11-5-3-6-12-25/h3-20,30H,21-23H2,1-2H3,(H,34,38)/t30-/m0/s1. The molecule has 1 atom stereocenters. The van der Waals surface area contributed by atoms with Crippen molar-refractivity contribution < 1.29 is 18.0 Å². The highest BCUT2D eigenvalue weighted by Crippen LogP contribution is 2.26. The second kappa shape index (κ2) is 13.5. The number of hydrogen-bond acceptors (Lipinski definition) is 4. The molecule has 4 aromatic carbocycles. The van der Waals surface area contributed by atoms with Crippen LogP contribution in [-0.2, 0) is 32.6 Å². The van der Waals surface area contributed by atoms with Crippen LogP contribution in [0.15, 0.2) is 114 Å². The zero-order valence-corrected chi connectivity index (χ0v) is 24.5. The first-order valence-electron chi connectivity index (χ1n) is 13.1. The number of anilines is 1. The van der Waals surface area contributed by atoms with E-state index in [2.05, 4.69) is 5.32 Å². The van der Waals surface area contributed by atoms with Crippen LogP contribution in [0.5, 0.6) is 0 Å². The first-order valence-corrected chi connectivity index (χ1v) is 14.9. The maximum Gasteiger partial charge on any atom is 0.264 e. The normalized spacial score (nSPS) is 11.9. The SMILES string of the molecule is CNC(=O)[C@H](Cc1ccccc1)N(Cc1ccc(Cl)cc1)C(=O)CN(c1cccc(C)c1)S(=O)(=O)c1ccccc1. The number of likely N-dealkylation sites (N-methyl/N-ethyl adjacent to an activating group) is 1. The molecule has 0 unspecified atom stereocenters. The molecule has 4 rings (SSSR count). The third-order valence-corrected chi connectivity index (χ3v) is 8.72. The van der Waals surface area contributed by atoms with Gasteiger partial charge in [0.15, 0.2) is 0 Å². The Balaban J connectivity index is 1.78. The van der Waals surface area contributed by atoms with E-state index in [4.69, 9.17) is 11.6 Å². The summed E-state index contributed by atoms with van der Waals surface area (Å²) in [4.78, 5) is 29.0. The summed E-state index contributed by atoms with van der Waals surface area (Å²) >= 11 is 6.09. The number of nitrogens with zero attached hydrogens (tertiary/aromatic N) is 2. The van der Waals surface area contributed by atoms with Gasteiger partial charge >= 0.3 is 0 Å². The zero-order chi connectivity index (χ0) is 29.4. The summed E-state index contributed by atoms with van der Waals surface area (Å²) in [6.45, 7) is 1.43. The lowest BCUT2D eigenvalue weighted by atomic mass is 10.0. The lowest BCUT2D eigenvalue weighted by molar-refractivity contribution is -0.139. The van der Waals surface area contributed by atoms with Crippen LogP contribution < -0.4 is 9.62 Å². The minimum Gasteiger partial charge on any atom is -0.357 e. The predicted octanol–water partition coefficient (Wildman–Crippen LogP) is 5.23. The molecule has 0 radical (unpaired) electrons. The van der Waals surface area contributed by atoms with Crippen molar-refractivity contribution in [3.63, 3.8) is 0 Å². The summed E-state index contributed by atoms with van der Waals surface area (Å²) < 4.78 is 28.9. The topological polar surface area (TPSA) is 86.8 Å². The smallest absolute Gasteiger partial charge is 0.264 e. The van der Waals surface area contributed by atoms with Gasteiger partial charge in [0, 0.05) is 25.0 Å². The average Bonchev–Trinajstić information content (AvgIpc) is 2.99. The maximum absolute atomic E-state index is 14.2. The highest BCUT2D eigenvalue weighted by molar-refractivity contribution is 7.92. The fourth-order valence-corrected chi connectivity index (χ4v) is 6.09. The molecule has 0 aliphatic carbocycles. The van der Waals surface area contributed by atoms with E-state index >= 15 is 0 Å². The van der Waals surface area contributed by atoms with Gasteiger partial charge in [-0.1, -0.05) is 84.4 Å². The van der Waals surface area contributed by atoms with Gasteiger partial charge in [-0.3, -0.25) is 13.9 Å². The van der Waals surface area contributed by atoms with Crippen LogP contribution in [0, 0.1) is 6.92 Å². The van der Waals surface area contributed by atoms with E-state index in [0.29, 0.717) is 10.7 Å². The van der Waals surface area contributed by atoms with Crippen molar-refractivity contribution in [2.45, 2.75) is 30.8 Å². The van der Waals surface area contributed by atoms with E-state index in [9.17, 15) is 18.0 Å². The van der Waals surface area contributed by atoms with Crippen molar-refractivity contribution in [2.75, 3.05) is 17.9 Å². The summed E-state index contributed by atoms with van der Waals surface area (Å²) in [7, 11) is -2.60. The van der Waals surface area contributed by atoms with Gasteiger partial charge in [-0.2, -0.15) is 0 Å². The van der Waals surface area contributed by atoms with E-state index in [1.54, 1.807) is 60.7 Å². The molecule has 0 aliphatic rings. The number of rotatable bonds is 11. The molecule has 0 spiro atoms. The summed E-state index contributed by atoms with van der Waals surface area (Å²) in [6, 6.07) is 30.5. The van der Waals surface area contributed by atoms with Gasteiger partial charge in [-0.05, 0) is 60.0 Å².